The Morgan fingerprint density at radius 1 is 1.31 bits per heavy atom. The van der Waals surface area contributed by atoms with Gasteiger partial charge in [-0.1, -0.05) is 5.16 Å². The number of alkyl halides is 2. The van der Waals surface area contributed by atoms with Crippen molar-refractivity contribution in [3.8, 4) is 0 Å². The fraction of sp³-hybridized carbons (Fsp3) is 0.250. The summed E-state index contributed by atoms with van der Waals surface area (Å²) in [6, 6.07) is 1.54. The molecule has 0 N–H and O–H groups in total. The van der Waals surface area contributed by atoms with Gasteiger partial charge in [-0.15, -0.1) is 0 Å². The summed E-state index contributed by atoms with van der Waals surface area (Å²) < 4.78 is 31.5. The van der Waals surface area contributed by atoms with Crippen molar-refractivity contribution < 1.29 is 13.3 Å². The van der Waals surface area contributed by atoms with Crippen molar-refractivity contribution in [2.24, 2.45) is 0 Å². The Labute approximate surface area is 93.3 Å². The lowest BCUT2D eigenvalue weighted by Gasteiger charge is -2.08. The molecule has 0 aliphatic carbocycles. The van der Waals surface area contributed by atoms with E-state index >= 15 is 0 Å². The minimum absolute atomic E-state index is 0.0525. The molecule has 0 aliphatic rings. The molecule has 0 atom stereocenters. The van der Waals surface area contributed by atoms with Crippen LogP contribution in [0.25, 0.3) is 0 Å². The molecule has 2 rings (SSSR count). The molecule has 2 heterocycles. The second-order valence-electron chi connectivity index (χ2n) is 2.80. The zero-order valence-electron chi connectivity index (χ0n) is 8.09. The number of halogens is 2. The average Bonchev–Trinajstić information content (AvgIpc) is 2.66. The van der Waals surface area contributed by atoms with Gasteiger partial charge >= 0.3 is 11.1 Å². The Morgan fingerprint density at radius 2 is 2.00 bits per heavy atom. The Hall–Kier alpha value is -1.57. The Balaban J connectivity index is 2.20. The highest BCUT2D eigenvalue weighted by molar-refractivity contribution is 7.99. The van der Waals surface area contributed by atoms with E-state index < -0.39 is 11.1 Å². The van der Waals surface area contributed by atoms with Crippen LogP contribution in [0.15, 0.2) is 28.1 Å². The maximum Gasteiger partial charge on any atom is 0.378 e. The lowest BCUT2D eigenvalue weighted by atomic mass is 10.6. The van der Waals surface area contributed by atoms with Gasteiger partial charge in [0.2, 0.25) is 0 Å². The number of aryl methyl sites for hydroxylation is 1. The highest BCUT2D eigenvalue weighted by Gasteiger charge is 2.40. The van der Waals surface area contributed by atoms with Crippen molar-refractivity contribution in [3.63, 3.8) is 0 Å². The van der Waals surface area contributed by atoms with E-state index in [1.54, 1.807) is 6.07 Å². The van der Waals surface area contributed by atoms with Crippen LogP contribution in [-0.2, 0) is 5.25 Å². The standard InChI is InChI=1S/C8H6F2N4OS/c1-5-13-6(15-14-5)8(9,10)16-7-11-3-2-4-12-7/h2-4H,1H3. The van der Waals surface area contributed by atoms with E-state index in [1.165, 1.54) is 19.3 Å². The second-order valence-corrected chi connectivity index (χ2v) is 3.88. The monoisotopic (exact) mass is 244 g/mol. The third-order valence-electron chi connectivity index (χ3n) is 1.54. The summed E-state index contributed by atoms with van der Waals surface area (Å²) in [7, 11) is 0. The summed E-state index contributed by atoms with van der Waals surface area (Å²) in [4.78, 5) is 10.8. The SMILES string of the molecule is Cc1noc(C(F)(F)Sc2ncccn2)n1. The summed E-state index contributed by atoms with van der Waals surface area (Å²) in [5.41, 5.74) is 0. The Bertz CT molecular complexity index is 476. The van der Waals surface area contributed by atoms with Crippen LogP contribution in [0.2, 0.25) is 0 Å². The van der Waals surface area contributed by atoms with Crippen molar-refractivity contribution in [1.82, 2.24) is 20.1 Å². The van der Waals surface area contributed by atoms with Gasteiger partial charge in [0.1, 0.15) is 0 Å². The number of thioether (sulfide) groups is 1. The second kappa shape index (κ2) is 4.12. The summed E-state index contributed by atoms with van der Waals surface area (Å²) in [6.45, 7) is 1.47. The van der Waals surface area contributed by atoms with Gasteiger partial charge in [-0.3, -0.25) is 0 Å². The third-order valence-corrected chi connectivity index (χ3v) is 2.36. The molecule has 0 bridgehead atoms. The topological polar surface area (TPSA) is 64.7 Å². The third kappa shape index (κ3) is 2.32. The molecule has 0 saturated heterocycles. The molecule has 0 spiro atoms. The summed E-state index contributed by atoms with van der Waals surface area (Å²) >= 11 is 0.161. The molecule has 2 aromatic rings. The van der Waals surface area contributed by atoms with Crippen LogP contribution in [0, 0.1) is 6.92 Å². The molecule has 16 heavy (non-hydrogen) atoms. The lowest BCUT2D eigenvalue weighted by molar-refractivity contribution is 0.0638. The predicted molar refractivity (Wildman–Crippen MR) is 50.8 cm³/mol. The molecule has 8 heteroatoms. The van der Waals surface area contributed by atoms with Gasteiger partial charge in [-0.2, -0.15) is 13.8 Å². The zero-order chi connectivity index (χ0) is 11.6. The lowest BCUT2D eigenvalue weighted by Crippen LogP contribution is -2.09. The van der Waals surface area contributed by atoms with E-state index in [4.69, 9.17) is 0 Å². The maximum absolute atomic E-state index is 13.5. The van der Waals surface area contributed by atoms with Crippen molar-refractivity contribution >= 4 is 11.8 Å². The number of hydrogen-bond donors (Lipinski definition) is 0. The summed E-state index contributed by atoms with van der Waals surface area (Å²) in [6.07, 6.45) is 2.76. The van der Waals surface area contributed by atoms with Crippen LogP contribution in [-0.4, -0.2) is 20.1 Å². The summed E-state index contributed by atoms with van der Waals surface area (Å²) in [5.74, 6) is -0.591. The van der Waals surface area contributed by atoms with Gasteiger partial charge in [-0.05, 0) is 24.8 Å². The highest BCUT2D eigenvalue weighted by Crippen LogP contribution is 2.41. The number of rotatable bonds is 3. The van der Waals surface area contributed by atoms with E-state index in [0.717, 1.165) is 0 Å². The van der Waals surface area contributed by atoms with Crippen LogP contribution in [0.5, 0.6) is 0 Å². The largest absolute Gasteiger partial charge is 0.378 e. The van der Waals surface area contributed by atoms with Gasteiger partial charge in [0.05, 0.1) is 0 Å². The number of aromatic nitrogens is 4. The molecule has 0 radical (unpaired) electrons. The van der Waals surface area contributed by atoms with Gasteiger partial charge in [-0.25, -0.2) is 9.97 Å². The highest BCUT2D eigenvalue weighted by atomic mass is 32.2. The van der Waals surface area contributed by atoms with Crippen molar-refractivity contribution in [3.05, 3.63) is 30.2 Å². The van der Waals surface area contributed by atoms with E-state index in [0.29, 0.717) is 0 Å². The Morgan fingerprint density at radius 3 is 2.56 bits per heavy atom. The van der Waals surface area contributed by atoms with Crippen molar-refractivity contribution in [2.75, 3.05) is 0 Å². The zero-order valence-corrected chi connectivity index (χ0v) is 8.91. The first-order valence-electron chi connectivity index (χ1n) is 4.22. The molecule has 5 nitrogen and oxygen atoms in total. The number of nitrogens with zero attached hydrogens (tertiary/aromatic N) is 4. The first kappa shape index (κ1) is 10.9. The fourth-order valence-electron chi connectivity index (χ4n) is 0.912. The first-order chi connectivity index (χ1) is 7.58. The fourth-order valence-corrected chi connectivity index (χ4v) is 1.54. The molecule has 0 aliphatic heterocycles. The summed E-state index contributed by atoms with van der Waals surface area (Å²) in [5, 5.41) is -0.0789. The normalized spacial score (nSPS) is 11.7. The minimum Gasteiger partial charge on any atom is -0.332 e. The van der Waals surface area contributed by atoms with E-state index in [-0.39, 0.29) is 22.7 Å². The molecule has 0 unspecified atom stereocenters. The molecule has 0 saturated carbocycles. The quantitative estimate of drug-likeness (QED) is 0.607. The van der Waals surface area contributed by atoms with Gasteiger partial charge in [0, 0.05) is 12.4 Å². The smallest absolute Gasteiger partial charge is 0.332 e. The number of hydrogen-bond acceptors (Lipinski definition) is 6. The van der Waals surface area contributed by atoms with Gasteiger partial charge in [0.15, 0.2) is 11.0 Å². The van der Waals surface area contributed by atoms with Crippen LogP contribution in [0.1, 0.15) is 11.7 Å². The minimum atomic E-state index is -3.33. The molecule has 2 aromatic heterocycles. The Kier molecular flexibility index (Phi) is 2.82. The molecular weight excluding hydrogens is 238 g/mol. The molecular formula is C8H6F2N4OS. The van der Waals surface area contributed by atoms with E-state index in [9.17, 15) is 8.78 Å². The van der Waals surface area contributed by atoms with Crippen molar-refractivity contribution in [2.45, 2.75) is 17.3 Å². The maximum atomic E-state index is 13.5. The van der Waals surface area contributed by atoms with Crippen LogP contribution in [0.3, 0.4) is 0 Å². The molecule has 0 fully saturated rings. The predicted octanol–water partition coefficient (Wildman–Crippen LogP) is 2.01. The van der Waals surface area contributed by atoms with Crippen LogP contribution >= 0.6 is 11.8 Å². The molecule has 0 aromatic carbocycles. The van der Waals surface area contributed by atoms with Gasteiger partial charge < -0.3 is 4.52 Å². The van der Waals surface area contributed by atoms with E-state index in [1.807, 2.05) is 0 Å². The average molecular weight is 244 g/mol. The van der Waals surface area contributed by atoms with Gasteiger partial charge in [0.25, 0.3) is 0 Å². The van der Waals surface area contributed by atoms with Crippen molar-refractivity contribution in [1.29, 1.82) is 0 Å². The van der Waals surface area contributed by atoms with Crippen LogP contribution < -0.4 is 0 Å². The first-order valence-corrected chi connectivity index (χ1v) is 5.04. The molecule has 0 amide bonds. The van der Waals surface area contributed by atoms with E-state index in [2.05, 4.69) is 24.6 Å². The van der Waals surface area contributed by atoms with Crippen LogP contribution in [0.4, 0.5) is 8.78 Å². The molecule has 84 valence electrons.